The maximum atomic E-state index is 12.2. The molecule has 0 bridgehead atoms. The number of rotatable bonds is 6. The highest BCUT2D eigenvalue weighted by Crippen LogP contribution is 2.26. The van der Waals surface area contributed by atoms with Crippen LogP contribution in [0.15, 0.2) is 6.20 Å². The fourth-order valence-electron chi connectivity index (χ4n) is 2.21. The number of carbonyl (C=O) groups is 1. The fourth-order valence-corrected chi connectivity index (χ4v) is 2.21. The third kappa shape index (κ3) is 3.13. The molecule has 0 radical (unpaired) electrons. The first-order valence-corrected chi connectivity index (χ1v) is 6.64. The van der Waals surface area contributed by atoms with E-state index >= 15 is 0 Å². The van der Waals surface area contributed by atoms with E-state index in [2.05, 4.69) is 4.98 Å². The van der Waals surface area contributed by atoms with Crippen LogP contribution in [0.25, 0.3) is 0 Å². The van der Waals surface area contributed by atoms with Gasteiger partial charge < -0.3 is 9.84 Å². The molecule has 0 saturated heterocycles. The van der Waals surface area contributed by atoms with Crippen molar-refractivity contribution < 1.29 is 14.6 Å². The Labute approximate surface area is 114 Å². The van der Waals surface area contributed by atoms with Gasteiger partial charge in [-0.15, -0.1) is 0 Å². The van der Waals surface area contributed by atoms with Crippen molar-refractivity contribution in [2.45, 2.75) is 52.6 Å². The lowest BCUT2D eigenvalue weighted by molar-refractivity contribution is -0.137. The smallest absolute Gasteiger partial charge is 0.170 e. The summed E-state index contributed by atoms with van der Waals surface area (Å²) in [6.45, 7) is 7.44. The summed E-state index contributed by atoms with van der Waals surface area (Å²) in [5.74, 6) is 0.577. The van der Waals surface area contributed by atoms with Gasteiger partial charge in [0.05, 0.1) is 19.2 Å². The quantitative estimate of drug-likeness (QED) is 0.858. The van der Waals surface area contributed by atoms with Crippen LogP contribution in [0.2, 0.25) is 0 Å². The molecular formula is C15H23NO3. The SMILES string of the molecule is CCC(O)(CC)C(=O)Cc1ncc(C)c(OC)c1C. The molecule has 0 aliphatic rings. The van der Waals surface area contributed by atoms with Gasteiger partial charge in [-0.05, 0) is 26.7 Å². The van der Waals surface area contributed by atoms with Gasteiger partial charge in [-0.2, -0.15) is 0 Å². The lowest BCUT2D eigenvalue weighted by Crippen LogP contribution is -2.38. The van der Waals surface area contributed by atoms with Crippen LogP contribution in [-0.2, 0) is 11.2 Å². The number of aliphatic hydroxyl groups is 1. The van der Waals surface area contributed by atoms with Crippen LogP contribution >= 0.6 is 0 Å². The second-order valence-corrected chi connectivity index (χ2v) is 4.88. The summed E-state index contributed by atoms with van der Waals surface area (Å²) in [7, 11) is 1.61. The molecule has 0 saturated carbocycles. The maximum absolute atomic E-state index is 12.2. The van der Waals surface area contributed by atoms with Crippen molar-refractivity contribution in [3.8, 4) is 5.75 Å². The van der Waals surface area contributed by atoms with Crippen molar-refractivity contribution in [3.63, 3.8) is 0 Å². The summed E-state index contributed by atoms with van der Waals surface area (Å²) in [5, 5.41) is 10.2. The average Bonchev–Trinajstić information content (AvgIpc) is 2.41. The standard InChI is InChI=1S/C15H23NO3/c1-6-15(18,7-2)13(17)8-12-11(4)14(19-5)10(3)9-16-12/h9,18H,6-8H2,1-5H3. The number of ketones is 1. The summed E-state index contributed by atoms with van der Waals surface area (Å²) in [4.78, 5) is 16.5. The van der Waals surface area contributed by atoms with Crippen LogP contribution in [0.5, 0.6) is 5.75 Å². The Morgan fingerprint density at radius 2 is 1.95 bits per heavy atom. The molecule has 1 rings (SSSR count). The van der Waals surface area contributed by atoms with Gasteiger partial charge in [0.15, 0.2) is 5.78 Å². The van der Waals surface area contributed by atoms with Crippen molar-refractivity contribution >= 4 is 5.78 Å². The Balaban J connectivity index is 3.04. The zero-order valence-electron chi connectivity index (χ0n) is 12.4. The monoisotopic (exact) mass is 265 g/mol. The molecule has 0 spiro atoms. The van der Waals surface area contributed by atoms with Gasteiger partial charge in [-0.25, -0.2) is 0 Å². The molecule has 1 aromatic heterocycles. The molecule has 19 heavy (non-hydrogen) atoms. The number of Topliss-reactive ketones (excluding diaryl/α,β-unsaturated/α-hetero) is 1. The predicted octanol–water partition coefficient (Wildman–Crippen LogP) is 2.37. The van der Waals surface area contributed by atoms with Crippen LogP contribution in [0.1, 0.15) is 43.5 Å². The molecule has 0 aliphatic carbocycles. The van der Waals surface area contributed by atoms with Crippen LogP contribution < -0.4 is 4.74 Å². The number of methoxy groups -OCH3 is 1. The molecule has 0 fully saturated rings. The summed E-state index contributed by atoms with van der Waals surface area (Å²) in [5.41, 5.74) is 1.24. The van der Waals surface area contributed by atoms with E-state index in [-0.39, 0.29) is 12.2 Å². The van der Waals surface area contributed by atoms with Crippen LogP contribution in [-0.4, -0.2) is 28.6 Å². The summed E-state index contributed by atoms with van der Waals surface area (Å²) >= 11 is 0. The Morgan fingerprint density at radius 1 is 1.37 bits per heavy atom. The first-order chi connectivity index (χ1) is 8.89. The molecule has 0 atom stereocenters. The molecule has 0 aromatic carbocycles. The number of pyridine rings is 1. The van der Waals surface area contributed by atoms with Gasteiger partial charge >= 0.3 is 0 Å². The molecule has 1 heterocycles. The summed E-state index contributed by atoms with van der Waals surface area (Å²) < 4.78 is 5.32. The predicted molar refractivity (Wildman–Crippen MR) is 74.5 cm³/mol. The van der Waals surface area contributed by atoms with E-state index in [0.29, 0.717) is 18.5 Å². The average molecular weight is 265 g/mol. The van der Waals surface area contributed by atoms with Gasteiger partial charge in [0, 0.05) is 17.3 Å². The molecule has 1 N–H and O–H groups in total. The van der Waals surface area contributed by atoms with Gasteiger partial charge in [0.25, 0.3) is 0 Å². The minimum Gasteiger partial charge on any atom is -0.496 e. The summed E-state index contributed by atoms with van der Waals surface area (Å²) in [6, 6.07) is 0. The van der Waals surface area contributed by atoms with Crippen molar-refractivity contribution in [1.82, 2.24) is 4.98 Å². The maximum Gasteiger partial charge on any atom is 0.170 e. The highest BCUT2D eigenvalue weighted by atomic mass is 16.5. The van der Waals surface area contributed by atoms with E-state index in [9.17, 15) is 9.90 Å². The Kier molecular flexibility index (Phi) is 5.06. The molecule has 4 nitrogen and oxygen atoms in total. The van der Waals surface area contributed by atoms with E-state index < -0.39 is 5.60 Å². The molecular weight excluding hydrogens is 242 g/mol. The van der Waals surface area contributed by atoms with Gasteiger partial charge in [0.2, 0.25) is 0 Å². The highest BCUT2D eigenvalue weighted by molar-refractivity contribution is 5.88. The third-order valence-corrected chi connectivity index (χ3v) is 3.77. The topological polar surface area (TPSA) is 59.4 Å². The largest absolute Gasteiger partial charge is 0.496 e. The zero-order valence-corrected chi connectivity index (χ0v) is 12.4. The second kappa shape index (κ2) is 6.15. The van der Waals surface area contributed by atoms with E-state index in [1.807, 2.05) is 27.7 Å². The van der Waals surface area contributed by atoms with Crippen molar-refractivity contribution in [3.05, 3.63) is 23.0 Å². The summed E-state index contributed by atoms with van der Waals surface area (Å²) in [6.07, 6.45) is 2.68. The number of carbonyl (C=O) groups excluding carboxylic acids is 1. The molecule has 1 aromatic rings. The zero-order chi connectivity index (χ0) is 14.6. The minimum atomic E-state index is -1.24. The molecule has 4 heteroatoms. The van der Waals surface area contributed by atoms with E-state index in [1.165, 1.54) is 0 Å². The number of hydrogen-bond donors (Lipinski definition) is 1. The number of aromatic nitrogens is 1. The number of hydrogen-bond acceptors (Lipinski definition) is 4. The fraction of sp³-hybridized carbons (Fsp3) is 0.600. The van der Waals surface area contributed by atoms with Crippen LogP contribution in [0.4, 0.5) is 0 Å². The van der Waals surface area contributed by atoms with Crippen LogP contribution in [0, 0.1) is 13.8 Å². The first kappa shape index (κ1) is 15.6. The third-order valence-electron chi connectivity index (χ3n) is 3.77. The molecule has 0 amide bonds. The second-order valence-electron chi connectivity index (χ2n) is 4.88. The Morgan fingerprint density at radius 3 is 2.42 bits per heavy atom. The number of aryl methyl sites for hydroxylation is 1. The van der Waals surface area contributed by atoms with E-state index in [0.717, 1.165) is 16.9 Å². The van der Waals surface area contributed by atoms with Gasteiger partial charge in [-0.3, -0.25) is 9.78 Å². The van der Waals surface area contributed by atoms with Crippen molar-refractivity contribution in [2.75, 3.05) is 7.11 Å². The Hall–Kier alpha value is -1.42. The number of nitrogens with zero attached hydrogens (tertiary/aromatic N) is 1. The highest BCUT2D eigenvalue weighted by Gasteiger charge is 2.32. The van der Waals surface area contributed by atoms with E-state index in [1.54, 1.807) is 13.3 Å². The number of ether oxygens (including phenoxy) is 1. The van der Waals surface area contributed by atoms with Gasteiger partial charge in [-0.1, -0.05) is 13.8 Å². The molecule has 0 unspecified atom stereocenters. The normalized spacial score (nSPS) is 11.5. The minimum absolute atomic E-state index is 0.140. The van der Waals surface area contributed by atoms with E-state index in [4.69, 9.17) is 4.74 Å². The van der Waals surface area contributed by atoms with Gasteiger partial charge in [0.1, 0.15) is 11.4 Å². The lowest BCUT2D eigenvalue weighted by atomic mass is 9.89. The molecule has 0 aliphatic heterocycles. The van der Waals surface area contributed by atoms with Crippen molar-refractivity contribution in [2.24, 2.45) is 0 Å². The Bertz CT molecular complexity index is 465. The van der Waals surface area contributed by atoms with Crippen molar-refractivity contribution in [1.29, 1.82) is 0 Å². The first-order valence-electron chi connectivity index (χ1n) is 6.64. The lowest BCUT2D eigenvalue weighted by Gasteiger charge is -2.23. The van der Waals surface area contributed by atoms with Crippen LogP contribution in [0.3, 0.4) is 0 Å². The molecule has 106 valence electrons.